The van der Waals surface area contributed by atoms with Crippen molar-refractivity contribution in [1.29, 1.82) is 0 Å². The maximum Gasteiger partial charge on any atom is 0.244 e. The van der Waals surface area contributed by atoms with Crippen LogP contribution >= 0.6 is 15.9 Å². The van der Waals surface area contributed by atoms with Gasteiger partial charge in [-0.05, 0) is 64.4 Å². The number of benzene rings is 2. The second-order valence-electron chi connectivity index (χ2n) is 9.23. The number of nitrogens with zero attached hydrogens (tertiary/aromatic N) is 2. The number of carbonyl (C=O) groups excluding carboxylic acids is 2. The molecule has 186 valence electrons. The molecule has 2 aromatic rings. The molecule has 10 heteroatoms. The Labute approximate surface area is 209 Å². The number of anilines is 1. The van der Waals surface area contributed by atoms with Crippen LogP contribution in [-0.4, -0.2) is 49.5 Å². The molecule has 0 saturated heterocycles. The molecule has 1 atom stereocenters. The first kappa shape index (κ1) is 27.8. The Hall–Kier alpha value is -2.46. The molecule has 2 aromatic carbocycles. The average Bonchev–Trinajstić information content (AvgIpc) is 2.70. The van der Waals surface area contributed by atoms with Crippen molar-refractivity contribution in [3.05, 3.63) is 63.9 Å². The fourth-order valence-electron chi connectivity index (χ4n) is 3.26. The Morgan fingerprint density at radius 3 is 2.29 bits per heavy atom. The molecule has 0 unspecified atom stereocenters. The van der Waals surface area contributed by atoms with Gasteiger partial charge >= 0.3 is 0 Å². The van der Waals surface area contributed by atoms with E-state index >= 15 is 0 Å². The minimum absolute atomic E-state index is 0.193. The SMILES string of the molecule is Cc1cc(N(CC(=O)N(Cc2ccccc2F)[C@@H](C)C(=O)NC(C)(C)C)S(C)(=O)=O)ccc1Br. The summed E-state index contributed by atoms with van der Waals surface area (Å²) in [6.45, 7) is 8.03. The van der Waals surface area contributed by atoms with Gasteiger partial charge in [0.05, 0.1) is 11.9 Å². The van der Waals surface area contributed by atoms with Crippen LogP contribution < -0.4 is 9.62 Å². The third-order valence-corrected chi connectivity index (χ3v) is 7.10. The van der Waals surface area contributed by atoms with Crippen LogP contribution in [0.3, 0.4) is 0 Å². The third kappa shape index (κ3) is 7.53. The Kier molecular flexibility index (Phi) is 8.87. The first-order chi connectivity index (χ1) is 15.6. The van der Waals surface area contributed by atoms with Crippen LogP contribution in [0.1, 0.15) is 38.8 Å². The van der Waals surface area contributed by atoms with E-state index in [1.807, 2.05) is 20.8 Å². The van der Waals surface area contributed by atoms with E-state index in [-0.39, 0.29) is 12.1 Å². The highest BCUT2D eigenvalue weighted by Gasteiger charge is 2.31. The summed E-state index contributed by atoms with van der Waals surface area (Å²) in [5.41, 5.74) is 0.775. The quantitative estimate of drug-likeness (QED) is 0.533. The van der Waals surface area contributed by atoms with E-state index in [0.717, 1.165) is 20.6 Å². The summed E-state index contributed by atoms with van der Waals surface area (Å²) in [5, 5.41) is 2.82. The molecule has 1 N–H and O–H groups in total. The lowest BCUT2D eigenvalue weighted by molar-refractivity contribution is -0.140. The zero-order valence-corrected chi connectivity index (χ0v) is 22.6. The highest BCUT2D eigenvalue weighted by molar-refractivity contribution is 9.10. The lowest BCUT2D eigenvalue weighted by Crippen LogP contribution is -2.54. The van der Waals surface area contributed by atoms with Crippen molar-refractivity contribution in [3.8, 4) is 0 Å². The zero-order valence-electron chi connectivity index (χ0n) is 20.2. The van der Waals surface area contributed by atoms with Gasteiger partial charge in [-0.15, -0.1) is 0 Å². The van der Waals surface area contributed by atoms with E-state index in [4.69, 9.17) is 0 Å². The second kappa shape index (κ2) is 10.9. The number of hydrogen-bond donors (Lipinski definition) is 1. The molecule has 0 bridgehead atoms. The molecule has 0 radical (unpaired) electrons. The summed E-state index contributed by atoms with van der Waals surface area (Å²) in [6.07, 6.45) is 1.01. The topological polar surface area (TPSA) is 86.8 Å². The Bertz CT molecular complexity index is 1170. The van der Waals surface area contributed by atoms with Crippen LogP contribution in [0.4, 0.5) is 10.1 Å². The number of nitrogens with one attached hydrogen (secondary N) is 1. The fraction of sp³-hybridized carbons (Fsp3) is 0.417. The van der Waals surface area contributed by atoms with Gasteiger partial charge in [0.1, 0.15) is 18.4 Å². The summed E-state index contributed by atoms with van der Waals surface area (Å²) >= 11 is 3.38. The van der Waals surface area contributed by atoms with Gasteiger partial charge < -0.3 is 10.2 Å². The third-order valence-electron chi connectivity index (χ3n) is 5.07. The molecule has 0 aromatic heterocycles. The molecule has 2 rings (SSSR count). The first-order valence-electron chi connectivity index (χ1n) is 10.7. The Balaban J connectivity index is 2.44. The number of hydrogen-bond acceptors (Lipinski definition) is 4. The minimum atomic E-state index is -3.84. The number of sulfonamides is 1. The van der Waals surface area contributed by atoms with Crippen molar-refractivity contribution in [3.63, 3.8) is 0 Å². The van der Waals surface area contributed by atoms with Gasteiger partial charge in [0.2, 0.25) is 21.8 Å². The smallest absolute Gasteiger partial charge is 0.244 e. The number of carbonyl (C=O) groups is 2. The van der Waals surface area contributed by atoms with Gasteiger partial charge in [-0.25, -0.2) is 12.8 Å². The number of rotatable bonds is 8. The monoisotopic (exact) mass is 555 g/mol. The summed E-state index contributed by atoms with van der Waals surface area (Å²) < 4.78 is 41.4. The fourth-order valence-corrected chi connectivity index (χ4v) is 4.35. The summed E-state index contributed by atoms with van der Waals surface area (Å²) in [4.78, 5) is 27.5. The van der Waals surface area contributed by atoms with E-state index in [1.54, 1.807) is 31.2 Å². The van der Waals surface area contributed by atoms with Gasteiger partial charge in [0.15, 0.2) is 0 Å². The molecule has 2 amide bonds. The first-order valence-corrected chi connectivity index (χ1v) is 13.3. The Morgan fingerprint density at radius 1 is 1.15 bits per heavy atom. The van der Waals surface area contributed by atoms with Crippen molar-refractivity contribution >= 4 is 43.5 Å². The number of halogens is 2. The van der Waals surface area contributed by atoms with Crippen molar-refractivity contribution in [2.24, 2.45) is 0 Å². The van der Waals surface area contributed by atoms with Crippen LogP contribution in [0.25, 0.3) is 0 Å². The van der Waals surface area contributed by atoms with Crippen molar-refractivity contribution in [2.45, 2.75) is 52.7 Å². The van der Waals surface area contributed by atoms with E-state index in [0.29, 0.717) is 5.69 Å². The highest BCUT2D eigenvalue weighted by Crippen LogP contribution is 2.25. The van der Waals surface area contributed by atoms with E-state index in [9.17, 15) is 22.4 Å². The van der Waals surface area contributed by atoms with Crippen LogP contribution in [0.2, 0.25) is 0 Å². The molecular weight excluding hydrogens is 525 g/mol. The van der Waals surface area contributed by atoms with Gasteiger partial charge in [0, 0.05) is 22.1 Å². The van der Waals surface area contributed by atoms with Gasteiger partial charge in [0.25, 0.3) is 0 Å². The predicted octanol–water partition coefficient (Wildman–Crippen LogP) is 3.99. The molecule has 0 aliphatic heterocycles. The molecule has 7 nitrogen and oxygen atoms in total. The minimum Gasteiger partial charge on any atom is -0.350 e. The summed E-state index contributed by atoms with van der Waals surface area (Å²) in [7, 11) is -3.84. The van der Waals surface area contributed by atoms with Gasteiger partial charge in [-0.2, -0.15) is 0 Å². The zero-order chi connectivity index (χ0) is 25.8. The molecule has 0 fully saturated rings. The molecule has 0 aliphatic rings. The normalized spacial score (nSPS) is 12.7. The van der Waals surface area contributed by atoms with Crippen LogP contribution in [0.5, 0.6) is 0 Å². The number of aryl methyl sites for hydroxylation is 1. The molecule has 0 saturated carbocycles. The Morgan fingerprint density at radius 2 is 1.76 bits per heavy atom. The predicted molar refractivity (Wildman–Crippen MR) is 135 cm³/mol. The van der Waals surface area contributed by atoms with E-state index < -0.39 is 45.8 Å². The van der Waals surface area contributed by atoms with Crippen LogP contribution in [0.15, 0.2) is 46.9 Å². The van der Waals surface area contributed by atoms with Crippen molar-refractivity contribution in [2.75, 3.05) is 17.1 Å². The van der Waals surface area contributed by atoms with Crippen molar-refractivity contribution < 1.29 is 22.4 Å². The molecule has 0 aliphatic carbocycles. The standard InChI is InChI=1S/C24H31BrFN3O4S/c1-16-13-19(11-12-20(16)25)29(34(6,32)33)15-22(30)28(14-18-9-7-8-10-21(18)26)17(2)23(31)27-24(3,4)5/h7-13,17H,14-15H2,1-6H3,(H,27,31)/t17-/m0/s1. The maximum atomic E-state index is 14.4. The maximum absolute atomic E-state index is 14.4. The molecule has 0 heterocycles. The largest absolute Gasteiger partial charge is 0.350 e. The molecule has 0 spiro atoms. The van der Waals surface area contributed by atoms with Crippen LogP contribution in [0, 0.1) is 12.7 Å². The lowest BCUT2D eigenvalue weighted by atomic mass is 10.1. The number of amides is 2. The lowest BCUT2D eigenvalue weighted by Gasteiger charge is -2.33. The second-order valence-corrected chi connectivity index (χ2v) is 12.0. The molecular formula is C24H31BrFN3O4S. The highest BCUT2D eigenvalue weighted by atomic mass is 79.9. The van der Waals surface area contributed by atoms with Crippen LogP contribution in [-0.2, 0) is 26.2 Å². The summed E-state index contributed by atoms with van der Waals surface area (Å²) in [6, 6.07) is 9.92. The average molecular weight is 556 g/mol. The van der Waals surface area contributed by atoms with E-state index in [1.165, 1.54) is 30.0 Å². The summed E-state index contributed by atoms with van der Waals surface area (Å²) in [5.74, 6) is -1.58. The van der Waals surface area contributed by atoms with Crippen molar-refractivity contribution in [1.82, 2.24) is 10.2 Å². The van der Waals surface area contributed by atoms with Gasteiger partial charge in [-0.3, -0.25) is 13.9 Å². The van der Waals surface area contributed by atoms with E-state index in [2.05, 4.69) is 21.2 Å². The molecule has 34 heavy (non-hydrogen) atoms. The van der Waals surface area contributed by atoms with Gasteiger partial charge in [-0.1, -0.05) is 34.1 Å².